The van der Waals surface area contributed by atoms with Crippen LogP contribution in [0.15, 0.2) is 29.2 Å². The summed E-state index contributed by atoms with van der Waals surface area (Å²) in [4.78, 5) is 22.9. The highest BCUT2D eigenvalue weighted by Crippen LogP contribution is 2.12. The van der Waals surface area contributed by atoms with Crippen LogP contribution in [0, 0.1) is 5.92 Å². The number of primary sulfonamides is 1. The molecule has 0 saturated carbocycles. The summed E-state index contributed by atoms with van der Waals surface area (Å²) < 4.78 is 22.1. The molecule has 0 aliphatic heterocycles. The molecule has 1 aromatic rings. The molecule has 0 atom stereocenters. The van der Waals surface area contributed by atoms with Crippen LogP contribution in [0.3, 0.4) is 0 Å². The molecule has 0 saturated heterocycles. The number of benzene rings is 1. The molecule has 0 aromatic heterocycles. The van der Waals surface area contributed by atoms with Crippen molar-refractivity contribution in [2.24, 2.45) is 11.1 Å². The van der Waals surface area contributed by atoms with Gasteiger partial charge >= 0.3 is 11.8 Å². The molecule has 20 heavy (non-hydrogen) atoms. The number of nitrogens with one attached hydrogen (secondary N) is 2. The largest absolute Gasteiger partial charge is 0.348 e. The molecule has 2 amide bonds. The number of nitrogens with two attached hydrogens (primary N) is 1. The molecule has 4 N–H and O–H groups in total. The van der Waals surface area contributed by atoms with Gasteiger partial charge in [-0.05, 0) is 30.2 Å². The van der Waals surface area contributed by atoms with E-state index in [0.717, 1.165) is 0 Å². The second kappa shape index (κ2) is 6.49. The van der Waals surface area contributed by atoms with E-state index in [1.807, 2.05) is 13.8 Å². The number of hydrogen-bond acceptors (Lipinski definition) is 4. The molecule has 0 fully saturated rings. The highest BCUT2D eigenvalue weighted by molar-refractivity contribution is 7.89. The van der Waals surface area contributed by atoms with Gasteiger partial charge in [-0.1, -0.05) is 13.8 Å². The first-order chi connectivity index (χ1) is 9.20. The van der Waals surface area contributed by atoms with Gasteiger partial charge in [-0.25, -0.2) is 13.6 Å². The van der Waals surface area contributed by atoms with Crippen molar-refractivity contribution in [2.45, 2.75) is 18.7 Å². The Bertz CT molecular complexity index is 594. The first-order valence-corrected chi connectivity index (χ1v) is 7.47. The maximum absolute atomic E-state index is 11.5. The van der Waals surface area contributed by atoms with Gasteiger partial charge in [0.25, 0.3) is 0 Å². The van der Waals surface area contributed by atoms with Crippen molar-refractivity contribution >= 4 is 27.5 Å². The zero-order valence-corrected chi connectivity index (χ0v) is 12.0. The third kappa shape index (κ3) is 4.98. The van der Waals surface area contributed by atoms with Gasteiger partial charge in [0.1, 0.15) is 0 Å². The monoisotopic (exact) mass is 299 g/mol. The molecule has 0 aliphatic carbocycles. The smallest absolute Gasteiger partial charge is 0.313 e. The standard InChI is InChI=1S/C12H17N3O4S/c1-8(2)7-14-11(16)12(17)15-9-3-5-10(6-4-9)20(13,18)19/h3-6,8H,7H2,1-2H3,(H,14,16)(H,15,17)(H2,13,18,19). The van der Waals surface area contributed by atoms with Crippen LogP contribution in [0.4, 0.5) is 5.69 Å². The van der Waals surface area contributed by atoms with E-state index >= 15 is 0 Å². The SMILES string of the molecule is CC(C)CNC(=O)C(=O)Nc1ccc(S(N)(=O)=O)cc1. The average Bonchev–Trinajstić information content (AvgIpc) is 2.35. The second-order valence-electron chi connectivity index (χ2n) is 4.63. The third-order valence-corrected chi connectivity index (χ3v) is 3.25. The number of sulfonamides is 1. The fourth-order valence-electron chi connectivity index (χ4n) is 1.29. The Morgan fingerprint density at radius 3 is 2.15 bits per heavy atom. The van der Waals surface area contributed by atoms with E-state index in [-0.39, 0.29) is 10.8 Å². The van der Waals surface area contributed by atoms with Crippen molar-refractivity contribution in [1.82, 2.24) is 5.32 Å². The highest BCUT2D eigenvalue weighted by Gasteiger charge is 2.14. The van der Waals surface area contributed by atoms with E-state index < -0.39 is 21.8 Å². The minimum absolute atomic E-state index is 0.0697. The fraction of sp³-hybridized carbons (Fsp3) is 0.333. The first kappa shape index (κ1) is 16.1. The van der Waals surface area contributed by atoms with Crippen LogP contribution in [0.5, 0.6) is 0 Å². The molecule has 7 nitrogen and oxygen atoms in total. The number of amides is 2. The van der Waals surface area contributed by atoms with Gasteiger partial charge in [0.15, 0.2) is 0 Å². The number of anilines is 1. The van der Waals surface area contributed by atoms with Crippen molar-refractivity contribution in [3.8, 4) is 0 Å². The molecular weight excluding hydrogens is 282 g/mol. The molecule has 8 heteroatoms. The van der Waals surface area contributed by atoms with Gasteiger partial charge in [-0.3, -0.25) is 9.59 Å². The Hall–Kier alpha value is -1.93. The van der Waals surface area contributed by atoms with Crippen molar-refractivity contribution in [3.63, 3.8) is 0 Å². The van der Waals surface area contributed by atoms with Crippen molar-refractivity contribution in [1.29, 1.82) is 0 Å². The lowest BCUT2D eigenvalue weighted by Gasteiger charge is -2.08. The zero-order valence-electron chi connectivity index (χ0n) is 11.2. The first-order valence-electron chi connectivity index (χ1n) is 5.92. The Labute approximate surface area is 117 Å². The summed E-state index contributed by atoms with van der Waals surface area (Å²) in [6.07, 6.45) is 0. The molecule has 1 rings (SSSR count). The molecule has 0 bridgehead atoms. The summed E-state index contributed by atoms with van der Waals surface area (Å²) in [6, 6.07) is 5.20. The Kier molecular flexibility index (Phi) is 5.23. The van der Waals surface area contributed by atoms with Crippen molar-refractivity contribution in [3.05, 3.63) is 24.3 Å². The van der Waals surface area contributed by atoms with E-state index in [9.17, 15) is 18.0 Å². The summed E-state index contributed by atoms with van der Waals surface area (Å²) in [5.74, 6) is -1.32. The summed E-state index contributed by atoms with van der Waals surface area (Å²) >= 11 is 0. The van der Waals surface area contributed by atoms with Crippen LogP contribution in [-0.2, 0) is 19.6 Å². The molecule has 0 radical (unpaired) electrons. The summed E-state index contributed by atoms with van der Waals surface area (Å²) in [5, 5.41) is 9.77. The third-order valence-electron chi connectivity index (χ3n) is 2.32. The van der Waals surface area contributed by atoms with Crippen LogP contribution >= 0.6 is 0 Å². The maximum atomic E-state index is 11.5. The number of rotatable bonds is 4. The molecular formula is C12H17N3O4S. The number of hydrogen-bond donors (Lipinski definition) is 3. The lowest BCUT2D eigenvalue weighted by atomic mass is 10.2. The lowest BCUT2D eigenvalue weighted by Crippen LogP contribution is -2.37. The van der Waals surface area contributed by atoms with Gasteiger partial charge < -0.3 is 10.6 Å². The van der Waals surface area contributed by atoms with E-state index in [0.29, 0.717) is 12.2 Å². The van der Waals surface area contributed by atoms with Gasteiger partial charge in [0, 0.05) is 12.2 Å². The molecule has 0 spiro atoms. The van der Waals surface area contributed by atoms with Crippen LogP contribution < -0.4 is 15.8 Å². The lowest BCUT2D eigenvalue weighted by molar-refractivity contribution is -0.136. The topological polar surface area (TPSA) is 118 Å². The maximum Gasteiger partial charge on any atom is 0.313 e. The summed E-state index contributed by atoms with van der Waals surface area (Å²) in [7, 11) is -3.77. The van der Waals surface area contributed by atoms with Crippen molar-refractivity contribution in [2.75, 3.05) is 11.9 Å². The molecule has 110 valence electrons. The summed E-state index contributed by atoms with van der Waals surface area (Å²) in [6.45, 7) is 4.21. The molecule has 1 aromatic carbocycles. The van der Waals surface area contributed by atoms with Crippen LogP contribution in [0.25, 0.3) is 0 Å². The normalized spacial score (nSPS) is 11.2. The Morgan fingerprint density at radius 2 is 1.70 bits per heavy atom. The predicted octanol–water partition coefficient (Wildman–Crippen LogP) is 0.0447. The average molecular weight is 299 g/mol. The van der Waals surface area contributed by atoms with E-state index in [4.69, 9.17) is 5.14 Å². The van der Waals surface area contributed by atoms with Gasteiger partial charge in [-0.2, -0.15) is 0 Å². The van der Waals surface area contributed by atoms with Crippen LogP contribution in [-0.4, -0.2) is 26.8 Å². The quantitative estimate of drug-likeness (QED) is 0.680. The fourth-order valence-corrected chi connectivity index (χ4v) is 1.81. The zero-order chi connectivity index (χ0) is 15.3. The van der Waals surface area contributed by atoms with Crippen LogP contribution in [0.1, 0.15) is 13.8 Å². The van der Waals surface area contributed by atoms with Gasteiger partial charge in [0.05, 0.1) is 4.90 Å². The van der Waals surface area contributed by atoms with Crippen LogP contribution in [0.2, 0.25) is 0 Å². The number of carbonyl (C=O) groups excluding carboxylic acids is 2. The highest BCUT2D eigenvalue weighted by atomic mass is 32.2. The van der Waals surface area contributed by atoms with Gasteiger partial charge in [0.2, 0.25) is 10.0 Å². The van der Waals surface area contributed by atoms with E-state index in [1.165, 1.54) is 24.3 Å². The number of carbonyl (C=O) groups is 2. The predicted molar refractivity (Wildman–Crippen MR) is 74.3 cm³/mol. The molecule has 0 unspecified atom stereocenters. The molecule has 0 aliphatic rings. The van der Waals surface area contributed by atoms with E-state index in [2.05, 4.69) is 10.6 Å². The van der Waals surface area contributed by atoms with E-state index in [1.54, 1.807) is 0 Å². The Balaban J connectivity index is 2.65. The minimum Gasteiger partial charge on any atom is -0.348 e. The molecule has 0 heterocycles. The van der Waals surface area contributed by atoms with Gasteiger partial charge in [-0.15, -0.1) is 0 Å². The second-order valence-corrected chi connectivity index (χ2v) is 6.19. The van der Waals surface area contributed by atoms with Crippen molar-refractivity contribution < 1.29 is 18.0 Å². The Morgan fingerprint density at radius 1 is 1.15 bits per heavy atom. The minimum atomic E-state index is -3.77. The summed E-state index contributed by atoms with van der Waals surface area (Å²) in [5.41, 5.74) is 0.307.